The Morgan fingerprint density at radius 2 is 1.81 bits per heavy atom. The van der Waals surface area contributed by atoms with Crippen molar-refractivity contribution < 1.29 is 24.2 Å². The molecular formula is C23H23N3O5. The molecule has 3 amide bonds. The van der Waals surface area contributed by atoms with E-state index in [1.54, 1.807) is 43.3 Å². The Kier molecular flexibility index (Phi) is 4.39. The van der Waals surface area contributed by atoms with Gasteiger partial charge >= 0.3 is 0 Å². The van der Waals surface area contributed by atoms with Gasteiger partial charge in [-0.3, -0.25) is 24.6 Å². The highest BCUT2D eigenvalue weighted by molar-refractivity contribution is 6.15. The number of likely N-dealkylation sites (tertiary alicyclic amines) is 1. The van der Waals surface area contributed by atoms with Gasteiger partial charge in [-0.1, -0.05) is 36.4 Å². The molecule has 0 unspecified atom stereocenters. The van der Waals surface area contributed by atoms with Crippen LogP contribution in [-0.2, 0) is 26.5 Å². The number of nitrogens with zero attached hydrogens (tertiary/aromatic N) is 1. The lowest BCUT2D eigenvalue weighted by Gasteiger charge is -2.30. The number of hydrogen-bond acceptors (Lipinski definition) is 6. The molecule has 0 radical (unpaired) electrons. The summed E-state index contributed by atoms with van der Waals surface area (Å²) in [5.74, 6) is -2.43. The first-order valence-corrected chi connectivity index (χ1v) is 10.2. The van der Waals surface area contributed by atoms with Crippen molar-refractivity contribution in [1.82, 2.24) is 10.2 Å². The van der Waals surface area contributed by atoms with Crippen LogP contribution in [0.3, 0.4) is 0 Å². The summed E-state index contributed by atoms with van der Waals surface area (Å²) in [6.07, 6.45) is -0.935. The number of imide groups is 1. The number of para-hydroxylation sites is 2. The van der Waals surface area contributed by atoms with Crippen LogP contribution in [0.4, 0.5) is 5.69 Å². The maximum atomic E-state index is 13.6. The summed E-state index contributed by atoms with van der Waals surface area (Å²) in [7, 11) is 1.53. The van der Waals surface area contributed by atoms with Crippen molar-refractivity contribution in [3.8, 4) is 5.75 Å². The molecule has 5 rings (SSSR count). The van der Waals surface area contributed by atoms with Gasteiger partial charge in [-0.25, -0.2) is 0 Å². The first kappa shape index (κ1) is 19.7. The maximum absolute atomic E-state index is 13.6. The van der Waals surface area contributed by atoms with Crippen molar-refractivity contribution >= 4 is 23.4 Å². The number of anilines is 1. The lowest BCUT2D eigenvalue weighted by molar-refractivity contribution is -0.143. The van der Waals surface area contributed by atoms with Crippen molar-refractivity contribution in [1.29, 1.82) is 0 Å². The van der Waals surface area contributed by atoms with Gasteiger partial charge < -0.3 is 15.2 Å². The number of rotatable bonds is 4. The van der Waals surface area contributed by atoms with Gasteiger partial charge in [0, 0.05) is 22.9 Å². The predicted molar refractivity (Wildman–Crippen MR) is 111 cm³/mol. The van der Waals surface area contributed by atoms with E-state index >= 15 is 0 Å². The van der Waals surface area contributed by atoms with Crippen molar-refractivity contribution in [3.05, 3.63) is 59.7 Å². The van der Waals surface area contributed by atoms with Gasteiger partial charge in [0.05, 0.1) is 31.6 Å². The average molecular weight is 421 g/mol. The van der Waals surface area contributed by atoms with Crippen LogP contribution in [-0.4, -0.2) is 47.0 Å². The number of carbonyl (C=O) groups is 3. The number of aliphatic hydroxyl groups excluding tert-OH is 1. The van der Waals surface area contributed by atoms with Crippen LogP contribution in [0.1, 0.15) is 18.1 Å². The van der Waals surface area contributed by atoms with E-state index in [0.29, 0.717) is 22.6 Å². The Hall–Kier alpha value is -3.23. The highest BCUT2D eigenvalue weighted by Crippen LogP contribution is 2.53. The molecule has 0 aromatic heterocycles. The molecule has 3 aliphatic heterocycles. The zero-order valence-corrected chi connectivity index (χ0v) is 17.2. The lowest BCUT2D eigenvalue weighted by atomic mass is 9.76. The number of benzene rings is 2. The second-order valence-corrected chi connectivity index (χ2v) is 8.30. The molecule has 2 aromatic rings. The largest absolute Gasteiger partial charge is 0.496 e. The smallest absolute Gasteiger partial charge is 0.250 e. The second-order valence-electron chi connectivity index (χ2n) is 8.30. The van der Waals surface area contributed by atoms with Gasteiger partial charge in [0.15, 0.2) is 0 Å². The molecule has 2 saturated heterocycles. The van der Waals surface area contributed by atoms with E-state index in [2.05, 4.69) is 10.6 Å². The number of fused-ring (bicyclic) bond motifs is 4. The van der Waals surface area contributed by atoms with Crippen LogP contribution in [0.25, 0.3) is 0 Å². The summed E-state index contributed by atoms with van der Waals surface area (Å²) in [5.41, 5.74) is 0.524. The molecule has 31 heavy (non-hydrogen) atoms. The second kappa shape index (κ2) is 6.90. The minimum Gasteiger partial charge on any atom is -0.496 e. The molecular weight excluding hydrogens is 398 g/mol. The summed E-state index contributed by atoms with van der Waals surface area (Å²) >= 11 is 0. The molecule has 8 nitrogen and oxygen atoms in total. The Morgan fingerprint density at radius 1 is 1.10 bits per heavy atom. The standard InChI is InChI=1S/C23H23N3O5/c1-12(27)19-17-18(23(25-19)14-8-4-5-9-15(14)24-22(23)30)21(29)26(20(17)28)11-13-7-3-6-10-16(13)31-2/h3-10,12,17-19,25,27H,11H2,1-2H3,(H,24,30)/t12-,17-,18-,19+,23+/m0/s1. The monoisotopic (exact) mass is 421 g/mol. The molecule has 0 saturated carbocycles. The predicted octanol–water partition coefficient (Wildman–Crippen LogP) is 0.997. The number of ether oxygens (including phenoxy) is 1. The topological polar surface area (TPSA) is 108 Å². The van der Waals surface area contributed by atoms with Crippen LogP contribution >= 0.6 is 0 Å². The molecule has 3 N–H and O–H groups in total. The molecule has 2 aromatic carbocycles. The van der Waals surface area contributed by atoms with Gasteiger partial charge in [0.25, 0.3) is 0 Å². The van der Waals surface area contributed by atoms with Gasteiger partial charge in [-0.2, -0.15) is 0 Å². The number of nitrogens with one attached hydrogen (secondary N) is 2. The summed E-state index contributed by atoms with van der Waals surface area (Å²) in [5, 5.41) is 16.5. The Bertz CT molecular complexity index is 1100. The van der Waals surface area contributed by atoms with Gasteiger partial charge in [-0.15, -0.1) is 0 Å². The van der Waals surface area contributed by atoms with Gasteiger partial charge in [-0.05, 0) is 19.1 Å². The van der Waals surface area contributed by atoms with Crippen molar-refractivity contribution in [2.45, 2.75) is 31.2 Å². The first-order valence-electron chi connectivity index (χ1n) is 10.2. The van der Waals surface area contributed by atoms with Gasteiger partial charge in [0.2, 0.25) is 17.7 Å². The van der Waals surface area contributed by atoms with E-state index in [-0.39, 0.29) is 12.5 Å². The quantitative estimate of drug-likeness (QED) is 0.636. The fourth-order valence-corrected chi connectivity index (χ4v) is 5.32. The maximum Gasteiger partial charge on any atom is 0.250 e. The van der Waals surface area contributed by atoms with Crippen LogP contribution in [0.15, 0.2) is 48.5 Å². The lowest BCUT2D eigenvalue weighted by Crippen LogP contribution is -2.54. The zero-order valence-electron chi connectivity index (χ0n) is 17.2. The van der Waals surface area contributed by atoms with E-state index < -0.39 is 41.3 Å². The fraction of sp³-hybridized carbons (Fsp3) is 0.348. The van der Waals surface area contributed by atoms with E-state index in [1.165, 1.54) is 12.0 Å². The fourth-order valence-electron chi connectivity index (χ4n) is 5.32. The van der Waals surface area contributed by atoms with Crippen LogP contribution in [0.5, 0.6) is 5.75 Å². The zero-order chi connectivity index (χ0) is 21.9. The molecule has 2 fully saturated rings. The number of carbonyl (C=O) groups excluding carboxylic acids is 3. The first-order chi connectivity index (χ1) is 14.9. The van der Waals surface area contributed by atoms with Crippen molar-refractivity contribution in [2.24, 2.45) is 11.8 Å². The molecule has 0 bridgehead atoms. The van der Waals surface area contributed by atoms with Crippen molar-refractivity contribution in [2.75, 3.05) is 12.4 Å². The number of amides is 3. The molecule has 0 aliphatic carbocycles. The number of methoxy groups -OCH3 is 1. The minimum atomic E-state index is -1.40. The highest BCUT2D eigenvalue weighted by atomic mass is 16.5. The van der Waals surface area contributed by atoms with E-state index in [1.807, 2.05) is 12.1 Å². The van der Waals surface area contributed by atoms with E-state index in [4.69, 9.17) is 4.74 Å². The van der Waals surface area contributed by atoms with Crippen molar-refractivity contribution in [3.63, 3.8) is 0 Å². The SMILES string of the molecule is COc1ccccc1CN1C(=O)[C@@H]2[C@@H]([C@H](C)O)N[C@@]3(C(=O)Nc4ccccc43)[C@@H]2C1=O. The van der Waals surface area contributed by atoms with Crippen LogP contribution < -0.4 is 15.4 Å². The number of hydrogen-bond donors (Lipinski definition) is 3. The third kappa shape index (κ3) is 2.58. The Balaban J connectivity index is 1.60. The van der Waals surface area contributed by atoms with E-state index in [9.17, 15) is 19.5 Å². The average Bonchev–Trinajstić information content (AvgIpc) is 3.35. The Morgan fingerprint density at radius 3 is 2.55 bits per heavy atom. The molecule has 5 atom stereocenters. The van der Waals surface area contributed by atoms with Crippen LogP contribution in [0.2, 0.25) is 0 Å². The highest BCUT2D eigenvalue weighted by Gasteiger charge is 2.71. The third-order valence-corrected chi connectivity index (χ3v) is 6.69. The Labute approximate surface area is 179 Å². The molecule has 160 valence electrons. The van der Waals surface area contributed by atoms with E-state index in [0.717, 1.165) is 0 Å². The summed E-state index contributed by atoms with van der Waals surface area (Å²) < 4.78 is 5.37. The summed E-state index contributed by atoms with van der Waals surface area (Å²) in [6, 6.07) is 13.6. The molecule has 1 spiro atoms. The van der Waals surface area contributed by atoms with Crippen LogP contribution in [0, 0.1) is 11.8 Å². The molecule has 8 heteroatoms. The molecule has 3 heterocycles. The minimum absolute atomic E-state index is 0.0422. The summed E-state index contributed by atoms with van der Waals surface area (Å²) in [6.45, 7) is 1.60. The third-order valence-electron chi connectivity index (χ3n) is 6.69. The normalized spacial score (nSPS) is 29.8. The number of aliphatic hydroxyl groups is 1. The van der Waals surface area contributed by atoms with Gasteiger partial charge in [0.1, 0.15) is 11.3 Å². The summed E-state index contributed by atoms with van der Waals surface area (Å²) in [4.78, 5) is 41.5. The molecule has 3 aliphatic rings.